The average molecular weight is 224 g/mol. The van der Waals surface area contributed by atoms with Crippen molar-refractivity contribution in [2.24, 2.45) is 0 Å². The summed E-state index contributed by atoms with van der Waals surface area (Å²) in [6.07, 6.45) is 3.76. The molecule has 2 N–H and O–H groups in total. The van der Waals surface area contributed by atoms with E-state index >= 15 is 0 Å². The molecule has 3 rings (SSSR count). The number of aryl methyl sites for hydroxylation is 1. The summed E-state index contributed by atoms with van der Waals surface area (Å²) in [5.74, 6) is 0.0489. The molecule has 2 heterocycles. The van der Waals surface area contributed by atoms with E-state index in [0.717, 1.165) is 22.5 Å². The Balaban J connectivity index is 1.99. The van der Waals surface area contributed by atoms with Crippen LogP contribution in [0.4, 0.5) is 5.69 Å². The smallest absolute Gasteiger partial charge is 0.211 e. The van der Waals surface area contributed by atoms with E-state index in [1.54, 1.807) is 0 Å². The molecule has 1 aliphatic heterocycles. The molecule has 1 aromatic heterocycles. The molecule has 17 heavy (non-hydrogen) atoms. The Morgan fingerprint density at radius 1 is 1.24 bits per heavy atom. The molecule has 2 aromatic rings. The molecule has 0 unspecified atom stereocenters. The van der Waals surface area contributed by atoms with Crippen molar-refractivity contribution in [2.45, 2.75) is 6.92 Å². The van der Waals surface area contributed by atoms with Gasteiger partial charge in [-0.25, -0.2) is 0 Å². The van der Waals surface area contributed by atoms with Crippen LogP contribution in [0.1, 0.15) is 21.6 Å². The summed E-state index contributed by atoms with van der Waals surface area (Å²) < 4.78 is 0. The number of rotatable bonds is 1. The largest absolute Gasteiger partial charge is 0.361 e. The summed E-state index contributed by atoms with van der Waals surface area (Å²) in [5, 5.41) is 3.13. The number of para-hydroxylation sites is 1. The van der Waals surface area contributed by atoms with Crippen molar-refractivity contribution in [2.75, 3.05) is 5.32 Å². The summed E-state index contributed by atoms with van der Waals surface area (Å²) in [6.45, 7) is 2.01. The van der Waals surface area contributed by atoms with Crippen LogP contribution >= 0.6 is 0 Å². The van der Waals surface area contributed by atoms with Gasteiger partial charge in [0.2, 0.25) is 5.78 Å². The highest BCUT2D eigenvalue weighted by Gasteiger charge is 2.23. The van der Waals surface area contributed by atoms with Crippen LogP contribution in [0.3, 0.4) is 0 Å². The average Bonchev–Trinajstić information content (AvgIpc) is 2.86. The van der Waals surface area contributed by atoms with E-state index in [2.05, 4.69) is 10.3 Å². The maximum Gasteiger partial charge on any atom is 0.211 e. The molecule has 1 aliphatic rings. The molecular weight excluding hydrogens is 212 g/mol. The Labute approximate surface area is 99.2 Å². The lowest BCUT2D eigenvalue weighted by atomic mass is 10.1. The SMILES string of the molecule is Cc1c[nH]c(/C=C2/Nc3ccccc3C2=O)c1. The maximum absolute atomic E-state index is 12.1. The minimum absolute atomic E-state index is 0.0489. The quantitative estimate of drug-likeness (QED) is 0.731. The zero-order valence-electron chi connectivity index (χ0n) is 9.45. The predicted molar refractivity (Wildman–Crippen MR) is 67.9 cm³/mol. The number of allylic oxidation sites excluding steroid dienone is 1. The zero-order chi connectivity index (χ0) is 11.8. The van der Waals surface area contributed by atoms with Crippen LogP contribution in [0.5, 0.6) is 0 Å². The Bertz CT molecular complexity index is 623. The normalized spacial score (nSPS) is 16.1. The highest BCUT2D eigenvalue weighted by atomic mass is 16.1. The number of fused-ring (bicyclic) bond motifs is 1. The van der Waals surface area contributed by atoms with Crippen molar-refractivity contribution in [1.82, 2.24) is 4.98 Å². The van der Waals surface area contributed by atoms with Gasteiger partial charge in [-0.15, -0.1) is 0 Å². The molecule has 3 heteroatoms. The van der Waals surface area contributed by atoms with E-state index < -0.39 is 0 Å². The van der Waals surface area contributed by atoms with Crippen molar-refractivity contribution in [3.8, 4) is 0 Å². The fourth-order valence-corrected chi connectivity index (χ4v) is 2.00. The lowest BCUT2D eigenvalue weighted by Crippen LogP contribution is -1.99. The molecular formula is C14H12N2O. The van der Waals surface area contributed by atoms with Gasteiger partial charge in [-0.05, 0) is 36.8 Å². The number of hydrogen-bond acceptors (Lipinski definition) is 2. The first-order valence-electron chi connectivity index (χ1n) is 5.51. The second kappa shape index (κ2) is 3.63. The third-order valence-corrected chi connectivity index (χ3v) is 2.84. The number of benzene rings is 1. The van der Waals surface area contributed by atoms with Gasteiger partial charge in [-0.1, -0.05) is 12.1 Å². The van der Waals surface area contributed by atoms with E-state index in [-0.39, 0.29) is 5.78 Å². The lowest BCUT2D eigenvalue weighted by molar-refractivity contribution is 0.104. The molecule has 3 nitrogen and oxygen atoms in total. The molecule has 0 bridgehead atoms. The van der Waals surface area contributed by atoms with Crippen molar-refractivity contribution in [3.63, 3.8) is 0 Å². The number of aromatic amines is 1. The molecule has 0 atom stereocenters. The van der Waals surface area contributed by atoms with E-state index in [1.807, 2.05) is 49.5 Å². The van der Waals surface area contributed by atoms with Gasteiger partial charge in [-0.3, -0.25) is 4.79 Å². The fraction of sp³-hybridized carbons (Fsp3) is 0.0714. The molecule has 0 radical (unpaired) electrons. The minimum Gasteiger partial charge on any atom is -0.361 e. The highest BCUT2D eigenvalue weighted by molar-refractivity contribution is 6.20. The molecule has 0 amide bonds. The predicted octanol–water partition coefficient (Wildman–Crippen LogP) is 2.97. The minimum atomic E-state index is 0.0489. The molecule has 1 aromatic carbocycles. The summed E-state index contributed by atoms with van der Waals surface area (Å²) in [7, 11) is 0. The monoisotopic (exact) mass is 224 g/mol. The molecule has 0 spiro atoms. The van der Waals surface area contributed by atoms with Crippen molar-refractivity contribution in [3.05, 3.63) is 59.0 Å². The van der Waals surface area contributed by atoms with E-state index in [0.29, 0.717) is 5.70 Å². The topological polar surface area (TPSA) is 44.9 Å². The number of carbonyl (C=O) groups excluding carboxylic acids is 1. The number of aromatic nitrogens is 1. The van der Waals surface area contributed by atoms with Gasteiger partial charge in [0.05, 0.1) is 5.70 Å². The molecule has 0 fully saturated rings. The lowest BCUT2D eigenvalue weighted by Gasteiger charge is -1.96. The second-order valence-electron chi connectivity index (χ2n) is 4.19. The summed E-state index contributed by atoms with van der Waals surface area (Å²) >= 11 is 0. The van der Waals surface area contributed by atoms with Crippen LogP contribution in [0, 0.1) is 6.92 Å². The van der Waals surface area contributed by atoms with Crippen LogP contribution in [0.2, 0.25) is 0 Å². The number of hydrogen-bond donors (Lipinski definition) is 2. The van der Waals surface area contributed by atoms with Gasteiger partial charge in [-0.2, -0.15) is 0 Å². The van der Waals surface area contributed by atoms with Gasteiger partial charge in [0, 0.05) is 23.1 Å². The van der Waals surface area contributed by atoms with Crippen LogP contribution in [-0.2, 0) is 0 Å². The van der Waals surface area contributed by atoms with Crippen molar-refractivity contribution < 1.29 is 4.79 Å². The van der Waals surface area contributed by atoms with Crippen LogP contribution in [-0.4, -0.2) is 10.8 Å². The number of Topliss-reactive ketones (excluding diaryl/α,β-unsaturated/α-hetero) is 1. The van der Waals surface area contributed by atoms with Gasteiger partial charge in [0.25, 0.3) is 0 Å². The number of H-pyrrole nitrogens is 1. The summed E-state index contributed by atoms with van der Waals surface area (Å²) in [6, 6.07) is 9.55. The number of nitrogens with one attached hydrogen (secondary N) is 2. The van der Waals surface area contributed by atoms with Gasteiger partial charge in [0.15, 0.2) is 0 Å². The first kappa shape index (κ1) is 9.90. The van der Waals surface area contributed by atoms with Crippen molar-refractivity contribution in [1.29, 1.82) is 0 Å². The number of carbonyl (C=O) groups is 1. The standard InChI is InChI=1S/C14H12N2O/c1-9-6-10(15-8-9)7-13-14(17)11-4-2-3-5-12(11)16-13/h2-8,15-16H,1H3/b13-7+. The zero-order valence-corrected chi connectivity index (χ0v) is 9.45. The Morgan fingerprint density at radius 2 is 2.06 bits per heavy atom. The van der Waals surface area contributed by atoms with E-state index in [4.69, 9.17) is 0 Å². The third kappa shape index (κ3) is 1.65. The molecule has 84 valence electrons. The Hall–Kier alpha value is -2.29. The van der Waals surface area contributed by atoms with E-state index in [1.165, 1.54) is 0 Å². The van der Waals surface area contributed by atoms with E-state index in [9.17, 15) is 4.79 Å². The summed E-state index contributed by atoms with van der Waals surface area (Å²) in [4.78, 5) is 15.2. The highest BCUT2D eigenvalue weighted by Crippen LogP contribution is 2.28. The van der Waals surface area contributed by atoms with Gasteiger partial charge >= 0.3 is 0 Å². The first-order chi connectivity index (χ1) is 8.24. The molecule has 0 saturated carbocycles. The molecule has 0 saturated heterocycles. The van der Waals surface area contributed by atoms with Crippen LogP contribution in [0.15, 0.2) is 42.2 Å². The molecule has 0 aliphatic carbocycles. The second-order valence-corrected chi connectivity index (χ2v) is 4.19. The fourth-order valence-electron chi connectivity index (χ4n) is 2.00. The van der Waals surface area contributed by atoms with Crippen molar-refractivity contribution >= 4 is 17.5 Å². The van der Waals surface area contributed by atoms with Gasteiger partial charge < -0.3 is 10.3 Å². The van der Waals surface area contributed by atoms with Crippen LogP contribution < -0.4 is 5.32 Å². The van der Waals surface area contributed by atoms with Crippen LogP contribution in [0.25, 0.3) is 6.08 Å². The first-order valence-corrected chi connectivity index (χ1v) is 5.51. The third-order valence-electron chi connectivity index (χ3n) is 2.84. The summed E-state index contributed by atoms with van der Waals surface area (Å²) in [5.41, 5.74) is 4.33. The Kier molecular flexibility index (Phi) is 2.11. The number of ketones is 1. The maximum atomic E-state index is 12.1. The Morgan fingerprint density at radius 3 is 2.76 bits per heavy atom. The number of anilines is 1. The van der Waals surface area contributed by atoms with Gasteiger partial charge in [0.1, 0.15) is 0 Å².